The Balaban J connectivity index is 1.87. The fourth-order valence-corrected chi connectivity index (χ4v) is 3.09. The van der Waals surface area contributed by atoms with E-state index in [0.717, 1.165) is 25.3 Å². The van der Waals surface area contributed by atoms with E-state index in [1.54, 1.807) is 6.26 Å². The van der Waals surface area contributed by atoms with Crippen LogP contribution in [-0.2, 0) is 6.54 Å². The first-order valence-electron chi connectivity index (χ1n) is 6.93. The van der Waals surface area contributed by atoms with Crippen LogP contribution in [0.4, 0.5) is 0 Å². The zero-order valence-electron chi connectivity index (χ0n) is 11.9. The Hall–Kier alpha value is -0.800. The molecule has 18 heavy (non-hydrogen) atoms. The smallest absolute Gasteiger partial charge is 0.117 e. The summed E-state index contributed by atoms with van der Waals surface area (Å²) in [4.78, 5) is 2.32. The molecule has 3 heteroatoms. The maximum atomic E-state index is 6.27. The topological polar surface area (TPSA) is 42.4 Å². The zero-order chi connectivity index (χ0) is 13.2. The van der Waals surface area contributed by atoms with Gasteiger partial charge in [-0.1, -0.05) is 13.8 Å². The maximum Gasteiger partial charge on any atom is 0.117 e. The summed E-state index contributed by atoms with van der Waals surface area (Å²) in [5.41, 5.74) is 6.72. The highest BCUT2D eigenvalue weighted by atomic mass is 16.3. The fraction of sp³-hybridized carbons (Fsp3) is 0.733. The van der Waals surface area contributed by atoms with Gasteiger partial charge in [0.1, 0.15) is 5.76 Å². The average Bonchev–Trinajstić information content (AvgIpc) is 2.76. The molecule has 0 bridgehead atoms. The third-order valence-corrected chi connectivity index (χ3v) is 4.13. The number of nitrogens with zero attached hydrogens (tertiary/aromatic N) is 1. The molecule has 102 valence electrons. The summed E-state index contributed by atoms with van der Waals surface area (Å²) in [7, 11) is 2.15. The summed E-state index contributed by atoms with van der Waals surface area (Å²) in [6, 6.07) is 4.33. The molecule has 0 radical (unpaired) electrons. The van der Waals surface area contributed by atoms with Crippen LogP contribution in [0.2, 0.25) is 0 Å². The van der Waals surface area contributed by atoms with Gasteiger partial charge in [0.15, 0.2) is 0 Å². The van der Waals surface area contributed by atoms with Crippen molar-refractivity contribution in [1.82, 2.24) is 4.90 Å². The van der Waals surface area contributed by atoms with Gasteiger partial charge in [0, 0.05) is 12.6 Å². The molecule has 1 aromatic heterocycles. The highest BCUT2D eigenvalue weighted by Gasteiger charge is 2.33. The van der Waals surface area contributed by atoms with E-state index in [9.17, 15) is 0 Å². The third-order valence-electron chi connectivity index (χ3n) is 4.13. The minimum Gasteiger partial charge on any atom is -0.468 e. The Kier molecular flexibility index (Phi) is 4.13. The SMILES string of the molecule is CN(Cc1ccco1)CC1CC(C)(C)CCC1N. The van der Waals surface area contributed by atoms with Gasteiger partial charge in [-0.05, 0) is 49.8 Å². The van der Waals surface area contributed by atoms with Crippen molar-refractivity contribution in [3.05, 3.63) is 24.2 Å². The minimum atomic E-state index is 0.358. The molecule has 2 N–H and O–H groups in total. The van der Waals surface area contributed by atoms with Crippen LogP contribution in [0.5, 0.6) is 0 Å². The van der Waals surface area contributed by atoms with Crippen molar-refractivity contribution in [3.63, 3.8) is 0 Å². The lowest BCUT2D eigenvalue weighted by Gasteiger charge is -2.40. The molecule has 1 aromatic rings. The van der Waals surface area contributed by atoms with Crippen LogP contribution >= 0.6 is 0 Å². The van der Waals surface area contributed by atoms with Crippen LogP contribution in [0.1, 0.15) is 38.9 Å². The second kappa shape index (κ2) is 5.45. The minimum absolute atomic E-state index is 0.358. The first kappa shape index (κ1) is 13.6. The van der Waals surface area contributed by atoms with Crippen molar-refractivity contribution < 1.29 is 4.42 Å². The van der Waals surface area contributed by atoms with Crippen molar-refractivity contribution in [1.29, 1.82) is 0 Å². The summed E-state index contributed by atoms with van der Waals surface area (Å²) < 4.78 is 5.39. The summed E-state index contributed by atoms with van der Waals surface area (Å²) in [6.07, 6.45) is 5.38. The van der Waals surface area contributed by atoms with Gasteiger partial charge in [-0.3, -0.25) is 4.90 Å². The molecule has 0 aliphatic heterocycles. The Morgan fingerprint density at radius 1 is 1.50 bits per heavy atom. The lowest BCUT2D eigenvalue weighted by molar-refractivity contribution is 0.120. The molecule has 0 aromatic carbocycles. The normalized spacial score (nSPS) is 27.6. The van der Waals surface area contributed by atoms with Gasteiger partial charge in [0.05, 0.1) is 12.8 Å². The van der Waals surface area contributed by atoms with Gasteiger partial charge in [-0.15, -0.1) is 0 Å². The zero-order valence-corrected chi connectivity index (χ0v) is 11.9. The molecule has 1 fully saturated rings. The first-order valence-corrected chi connectivity index (χ1v) is 6.93. The van der Waals surface area contributed by atoms with Gasteiger partial charge in [0.25, 0.3) is 0 Å². The molecule has 1 saturated carbocycles. The molecular formula is C15H26N2O. The first-order chi connectivity index (χ1) is 8.46. The highest BCUT2D eigenvalue weighted by Crippen LogP contribution is 2.38. The van der Waals surface area contributed by atoms with Gasteiger partial charge >= 0.3 is 0 Å². The van der Waals surface area contributed by atoms with E-state index >= 15 is 0 Å². The van der Waals surface area contributed by atoms with Crippen LogP contribution in [0.15, 0.2) is 22.8 Å². The van der Waals surface area contributed by atoms with Crippen LogP contribution in [-0.4, -0.2) is 24.5 Å². The van der Waals surface area contributed by atoms with E-state index in [0.29, 0.717) is 17.4 Å². The van der Waals surface area contributed by atoms with E-state index in [-0.39, 0.29) is 0 Å². The van der Waals surface area contributed by atoms with E-state index in [4.69, 9.17) is 10.2 Å². The number of furan rings is 1. The van der Waals surface area contributed by atoms with Crippen LogP contribution in [0, 0.1) is 11.3 Å². The molecule has 2 rings (SSSR count). The van der Waals surface area contributed by atoms with E-state index in [1.165, 1.54) is 12.8 Å². The van der Waals surface area contributed by atoms with Gasteiger partial charge in [-0.25, -0.2) is 0 Å². The molecule has 3 nitrogen and oxygen atoms in total. The van der Waals surface area contributed by atoms with Gasteiger partial charge < -0.3 is 10.2 Å². The van der Waals surface area contributed by atoms with Gasteiger partial charge in [-0.2, -0.15) is 0 Å². The number of hydrogen-bond acceptors (Lipinski definition) is 3. The maximum absolute atomic E-state index is 6.27. The summed E-state index contributed by atoms with van der Waals surface area (Å²) >= 11 is 0. The summed E-state index contributed by atoms with van der Waals surface area (Å²) in [5, 5.41) is 0. The van der Waals surface area contributed by atoms with Crippen LogP contribution in [0.3, 0.4) is 0 Å². The van der Waals surface area contributed by atoms with E-state index in [2.05, 4.69) is 25.8 Å². The van der Waals surface area contributed by atoms with Crippen LogP contribution in [0.25, 0.3) is 0 Å². The lowest BCUT2D eigenvalue weighted by Crippen LogP contribution is -2.44. The largest absolute Gasteiger partial charge is 0.468 e. The highest BCUT2D eigenvalue weighted by molar-refractivity contribution is 4.98. The van der Waals surface area contributed by atoms with Gasteiger partial charge in [0.2, 0.25) is 0 Å². The number of rotatable bonds is 4. The third kappa shape index (κ3) is 3.59. The molecule has 1 aliphatic carbocycles. The Bertz CT molecular complexity index is 359. The fourth-order valence-electron chi connectivity index (χ4n) is 3.09. The Labute approximate surface area is 110 Å². The van der Waals surface area contributed by atoms with E-state index in [1.807, 2.05) is 12.1 Å². The van der Waals surface area contributed by atoms with E-state index < -0.39 is 0 Å². The predicted molar refractivity (Wildman–Crippen MR) is 74.1 cm³/mol. The van der Waals surface area contributed by atoms with Crippen molar-refractivity contribution in [2.24, 2.45) is 17.1 Å². The van der Waals surface area contributed by atoms with Crippen molar-refractivity contribution in [3.8, 4) is 0 Å². The predicted octanol–water partition coefficient (Wildman–Crippen LogP) is 2.87. The Morgan fingerprint density at radius 3 is 2.94 bits per heavy atom. The number of hydrogen-bond donors (Lipinski definition) is 1. The lowest BCUT2D eigenvalue weighted by atomic mass is 9.70. The standard InChI is InChI=1S/C15H26N2O/c1-15(2)7-6-14(16)12(9-15)10-17(3)11-13-5-4-8-18-13/h4-5,8,12,14H,6-7,9-11,16H2,1-3H3. The molecule has 0 saturated heterocycles. The van der Waals surface area contributed by atoms with Crippen molar-refractivity contribution >= 4 is 0 Å². The molecular weight excluding hydrogens is 224 g/mol. The van der Waals surface area contributed by atoms with Crippen molar-refractivity contribution in [2.75, 3.05) is 13.6 Å². The monoisotopic (exact) mass is 250 g/mol. The summed E-state index contributed by atoms with van der Waals surface area (Å²) in [6.45, 7) is 6.65. The number of nitrogens with two attached hydrogens (primary N) is 1. The molecule has 1 heterocycles. The molecule has 0 spiro atoms. The second-order valence-corrected chi connectivity index (χ2v) is 6.61. The average molecular weight is 250 g/mol. The quantitative estimate of drug-likeness (QED) is 0.893. The second-order valence-electron chi connectivity index (χ2n) is 6.61. The summed E-state index contributed by atoms with van der Waals surface area (Å²) in [5.74, 6) is 1.63. The Morgan fingerprint density at radius 2 is 2.28 bits per heavy atom. The molecule has 2 unspecified atom stereocenters. The molecule has 1 aliphatic rings. The molecule has 2 atom stereocenters. The van der Waals surface area contributed by atoms with Crippen molar-refractivity contribution in [2.45, 2.75) is 45.7 Å². The van der Waals surface area contributed by atoms with Crippen LogP contribution < -0.4 is 5.73 Å². The molecule has 0 amide bonds.